The zero-order valence-electron chi connectivity index (χ0n) is 14.8. The fourth-order valence-electron chi connectivity index (χ4n) is 1.98. The number of aromatic nitrogens is 2. The van der Waals surface area contributed by atoms with Gasteiger partial charge >= 0.3 is 5.95 Å². The molecule has 1 aromatic heterocycles. The van der Waals surface area contributed by atoms with Crippen molar-refractivity contribution in [3.8, 4) is 11.5 Å². The summed E-state index contributed by atoms with van der Waals surface area (Å²) in [4.78, 5) is 0. The maximum absolute atomic E-state index is 5.38. The second-order valence-corrected chi connectivity index (χ2v) is 5.25. The van der Waals surface area contributed by atoms with E-state index >= 15 is 0 Å². The standard InChI is InChI=1S/C15H22N7O2/c1-20(2)19-17-12-10-13(23-5)11(9-14(12)24-6)16-18-15-21(3)7-8-22(15)4/h7-10H,1-6H3/q+1. The molecule has 0 aliphatic rings. The van der Waals surface area contributed by atoms with Gasteiger partial charge in [-0.15, -0.1) is 5.11 Å². The molecule has 0 bridgehead atoms. The average Bonchev–Trinajstić information content (AvgIpc) is 2.88. The largest absolute Gasteiger partial charge is 0.494 e. The van der Waals surface area contributed by atoms with Gasteiger partial charge in [0.15, 0.2) is 0 Å². The molecule has 0 spiro atoms. The van der Waals surface area contributed by atoms with Crippen molar-refractivity contribution in [2.24, 2.45) is 34.7 Å². The predicted octanol–water partition coefficient (Wildman–Crippen LogP) is 2.84. The van der Waals surface area contributed by atoms with Crippen molar-refractivity contribution in [1.82, 2.24) is 9.58 Å². The Morgan fingerprint density at radius 1 is 1.00 bits per heavy atom. The van der Waals surface area contributed by atoms with Crippen LogP contribution in [0.1, 0.15) is 0 Å². The Balaban J connectivity index is 2.43. The molecule has 24 heavy (non-hydrogen) atoms. The second-order valence-electron chi connectivity index (χ2n) is 5.25. The van der Waals surface area contributed by atoms with Crippen molar-refractivity contribution in [2.45, 2.75) is 0 Å². The Bertz CT molecular complexity index is 746. The summed E-state index contributed by atoms with van der Waals surface area (Å²) in [5.74, 6) is 1.77. The summed E-state index contributed by atoms with van der Waals surface area (Å²) in [6.07, 6.45) is 3.80. The SMILES string of the molecule is COc1cc(N=NN(C)C)c(OC)cc1N=Nc1n(C)cc[n+]1C. The first kappa shape index (κ1) is 17.4. The summed E-state index contributed by atoms with van der Waals surface area (Å²) in [6.45, 7) is 0. The van der Waals surface area contributed by atoms with Gasteiger partial charge in [0, 0.05) is 31.3 Å². The first-order valence-electron chi connectivity index (χ1n) is 7.24. The topological polar surface area (TPSA) is 79.9 Å². The molecule has 0 radical (unpaired) electrons. The van der Waals surface area contributed by atoms with Crippen molar-refractivity contribution in [2.75, 3.05) is 28.3 Å². The molecule has 9 nitrogen and oxygen atoms in total. The summed E-state index contributed by atoms with van der Waals surface area (Å²) in [6, 6.07) is 3.43. The van der Waals surface area contributed by atoms with Gasteiger partial charge in [-0.05, 0) is 0 Å². The lowest BCUT2D eigenvalue weighted by atomic mass is 10.2. The highest BCUT2D eigenvalue weighted by Crippen LogP contribution is 2.40. The van der Waals surface area contributed by atoms with Crippen molar-refractivity contribution in [1.29, 1.82) is 0 Å². The minimum atomic E-state index is 0.532. The number of methoxy groups -OCH3 is 2. The maximum Gasteiger partial charge on any atom is 0.421 e. The van der Waals surface area contributed by atoms with E-state index in [1.165, 1.54) is 0 Å². The van der Waals surface area contributed by atoms with E-state index in [4.69, 9.17) is 9.47 Å². The number of azo groups is 1. The molecular formula is C15H22N7O2+. The summed E-state index contributed by atoms with van der Waals surface area (Å²) >= 11 is 0. The van der Waals surface area contributed by atoms with Gasteiger partial charge in [0.25, 0.3) is 0 Å². The van der Waals surface area contributed by atoms with E-state index < -0.39 is 0 Å². The van der Waals surface area contributed by atoms with Gasteiger partial charge < -0.3 is 9.47 Å². The van der Waals surface area contributed by atoms with Crippen LogP contribution >= 0.6 is 0 Å². The molecule has 0 fully saturated rings. The van der Waals surface area contributed by atoms with Crippen LogP contribution in [0.2, 0.25) is 0 Å². The molecule has 0 saturated carbocycles. The number of ether oxygens (including phenoxy) is 2. The van der Waals surface area contributed by atoms with E-state index in [1.54, 1.807) is 45.5 Å². The maximum atomic E-state index is 5.38. The highest BCUT2D eigenvalue weighted by Gasteiger charge is 2.15. The van der Waals surface area contributed by atoms with Gasteiger partial charge in [-0.3, -0.25) is 5.01 Å². The third kappa shape index (κ3) is 3.86. The quantitative estimate of drug-likeness (QED) is 0.463. The van der Waals surface area contributed by atoms with Crippen LogP contribution in [-0.2, 0) is 14.1 Å². The first-order valence-corrected chi connectivity index (χ1v) is 7.24. The summed E-state index contributed by atoms with van der Waals surface area (Å²) in [5.41, 5.74) is 1.09. The number of hydrogen-bond acceptors (Lipinski definition) is 6. The Labute approximate surface area is 140 Å². The average molecular weight is 332 g/mol. The smallest absolute Gasteiger partial charge is 0.421 e. The molecule has 0 amide bonds. The summed E-state index contributed by atoms with van der Waals surface area (Å²) in [5, 5.41) is 18.3. The number of rotatable bonds is 6. The lowest BCUT2D eigenvalue weighted by Crippen LogP contribution is -2.25. The molecule has 128 valence electrons. The molecular weight excluding hydrogens is 310 g/mol. The van der Waals surface area contributed by atoms with Crippen LogP contribution in [-0.4, -0.2) is 37.9 Å². The third-order valence-corrected chi connectivity index (χ3v) is 3.20. The first-order chi connectivity index (χ1) is 11.5. The predicted molar refractivity (Wildman–Crippen MR) is 88.5 cm³/mol. The zero-order valence-corrected chi connectivity index (χ0v) is 14.8. The van der Waals surface area contributed by atoms with Crippen LogP contribution < -0.4 is 14.0 Å². The number of aryl methyl sites for hydroxylation is 2. The fraction of sp³-hybridized carbons (Fsp3) is 0.400. The zero-order chi connectivity index (χ0) is 17.7. The monoisotopic (exact) mass is 332 g/mol. The molecule has 0 aliphatic carbocycles. The molecule has 0 N–H and O–H groups in total. The second kappa shape index (κ2) is 7.53. The fourth-order valence-corrected chi connectivity index (χ4v) is 1.98. The van der Waals surface area contributed by atoms with E-state index in [-0.39, 0.29) is 0 Å². The van der Waals surface area contributed by atoms with Crippen molar-refractivity contribution >= 4 is 17.3 Å². The highest BCUT2D eigenvalue weighted by atomic mass is 16.5. The van der Waals surface area contributed by atoms with Crippen molar-refractivity contribution < 1.29 is 14.0 Å². The van der Waals surface area contributed by atoms with Gasteiger partial charge in [-0.1, -0.05) is 10.3 Å². The molecule has 2 aromatic rings. The van der Waals surface area contributed by atoms with Crippen LogP contribution in [0.3, 0.4) is 0 Å². The van der Waals surface area contributed by atoms with Crippen LogP contribution in [0, 0.1) is 0 Å². The number of benzene rings is 1. The van der Waals surface area contributed by atoms with Crippen LogP contribution in [0.25, 0.3) is 0 Å². The molecule has 0 aliphatic heterocycles. The molecule has 0 atom stereocenters. The van der Waals surface area contributed by atoms with Gasteiger partial charge in [0.2, 0.25) is 0 Å². The normalized spacial score (nSPS) is 11.4. The lowest BCUT2D eigenvalue weighted by Gasteiger charge is -2.09. The Morgan fingerprint density at radius 3 is 2.04 bits per heavy atom. The van der Waals surface area contributed by atoms with Gasteiger partial charge in [-0.25, -0.2) is 9.13 Å². The van der Waals surface area contributed by atoms with E-state index in [0.29, 0.717) is 28.8 Å². The minimum Gasteiger partial charge on any atom is -0.494 e. The number of imidazole rings is 1. The van der Waals surface area contributed by atoms with Gasteiger partial charge in [-0.2, -0.15) is 0 Å². The van der Waals surface area contributed by atoms with Crippen molar-refractivity contribution in [3.05, 3.63) is 24.5 Å². The molecule has 0 unspecified atom stereocenters. The van der Waals surface area contributed by atoms with Crippen LogP contribution in [0.5, 0.6) is 11.5 Å². The van der Waals surface area contributed by atoms with E-state index in [1.807, 2.05) is 35.6 Å². The van der Waals surface area contributed by atoms with Crippen LogP contribution in [0.4, 0.5) is 17.3 Å². The third-order valence-electron chi connectivity index (χ3n) is 3.20. The Kier molecular flexibility index (Phi) is 5.46. The molecule has 0 saturated heterocycles. The van der Waals surface area contributed by atoms with Crippen molar-refractivity contribution in [3.63, 3.8) is 0 Å². The van der Waals surface area contributed by atoms with E-state index in [2.05, 4.69) is 20.6 Å². The molecule has 1 heterocycles. The van der Waals surface area contributed by atoms with Crippen LogP contribution in [0.15, 0.2) is 45.1 Å². The molecule has 1 aromatic carbocycles. The minimum absolute atomic E-state index is 0.532. The summed E-state index contributed by atoms with van der Waals surface area (Å²) < 4.78 is 14.5. The summed E-state index contributed by atoms with van der Waals surface area (Å²) in [7, 11) is 10.5. The van der Waals surface area contributed by atoms with E-state index in [0.717, 1.165) is 0 Å². The van der Waals surface area contributed by atoms with Gasteiger partial charge in [0.05, 0.1) is 40.7 Å². The van der Waals surface area contributed by atoms with E-state index in [9.17, 15) is 0 Å². The lowest BCUT2D eigenvalue weighted by molar-refractivity contribution is -0.657. The Morgan fingerprint density at radius 2 is 1.58 bits per heavy atom. The Hall–Kier alpha value is -2.97. The number of hydrogen-bond donors (Lipinski definition) is 0. The molecule has 2 rings (SSSR count). The molecule has 9 heteroatoms. The highest BCUT2D eigenvalue weighted by molar-refractivity contribution is 5.66. The number of nitrogens with zero attached hydrogens (tertiary/aromatic N) is 7. The van der Waals surface area contributed by atoms with Gasteiger partial charge in [0.1, 0.15) is 22.9 Å².